The third kappa shape index (κ3) is 5.71. The first-order valence-corrected chi connectivity index (χ1v) is 14.3. The van der Waals surface area contributed by atoms with Crippen molar-refractivity contribution in [2.24, 2.45) is 0 Å². The minimum absolute atomic E-state index is 0.0826. The molecule has 33 heavy (non-hydrogen) atoms. The zero-order valence-electron chi connectivity index (χ0n) is 18.4. The van der Waals surface area contributed by atoms with E-state index in [1.807, 2.05) is 0 Å². The third-order valence-electron chi connectivity index (χ3n) is 6.21. The molecule has 2 saturated heterocycles. The summed E-state index contributed by atoms with van der Waals surface area (Å²) in [7, 11) is -6.77. The molecule has 0 atom stereocenters. The van der Waals surface area contributed by atoms with E-state index in [1.54, 1.807) is 48.5 Å². The first kappa shape index (κ1) is 24.1. The maximum atomic E-state index is 12.8. The molecule has 11 heteroatoms. The van der Waals surface area contributed by atoms with Crippen LogP contribution in [0.1, 0.15) is 25.7 Å². The fourth-order valence-corrected chi connectivity index (χ4v) is 7.73. The van der Waals surface area contributed by atoms with E-state index in [0.29, 0.717) is 73.2 Å². The van der Waals surface area contributed by atoms with Crippen molar-refractivity contribution in [2.45, 2.75) is 46.0 Å². The second kappa shape index (κ2) is 10.5. The van der Waals surface area contributed by atoms with Crippen LogP contribution in [0.3, 0.4) is 0 Å². The predicted molar refractivity (Wildman–Crippen MR) is 127 cm³/mol. The molecule has 0 aliphatic carbocycles. The third-order valence-corrected chi connectivity index (χ3v) is 10.8. The van der Waals surface area contributed by atoms with Crippen LogP contribution in [0.4, 0.5) is 0 Å². The van der Waals surface area contributed by atoms with Gasteiger partial charge in [-0.1, -0.05) is 0 Å². The Hall–Kier alpha value is -2.08. The van der Waals surface area contributed by atoms with E-state index >= 15 is 0 Å². The number of hydrogen-bond donors (Lipinski definition) is 2. The molecule has 178 valence electrons. The lowest BCUT2D eigenvalue weighted by atomic mass is 10.2. The Morgan fingerprint density at radius 1 is 0.606 bits per heavy atom. The molecule has 0 radical (unpaired) electrons. The maximum absolute atomic E-state index is 12.8. The predicted octanol–water partition coefficient (Wildman–Crippen LogP) is 1.46. The lowest BCUT2D eigenvalue weighted by molar-refractivity contribution is 0.458. The Morgan fingerprint density at radius 3 is 1.27 bits per heavy atom. The molecule has 0 saturated carbocycles. The van der Waals surface area contributed by atoms with Gasteiger partial charge in [-0.25, -0.2) is 16.8 Å². The number of sulfone groups is 2. The average Bonchev–Trinajstić information content (AvgIpc) is 2.86. The van der Waals surface area contributed by atoms with Gasteiger partial charge >= 0.3 is 7.69 Å². The van der Waals surface area contributed by atoms with Crippen LogP contribution in [0.5, 0.6) is 11.5 Å². The molecule has 2 aliphatic heterocycles. The van der Waals surface area contributed by atoms with Crippen LogP contribution in [0.15, 0.2) is 58.3 Å². The summed E-state index contributed by atoms with van der Waals surface area (Å²) < 4.78 is 62.2. The normalized spacial score (nSPS) is 18.5. The van der Waals surface area contributed by atoms with Crippen LogP contribution in [0.2, 0.25) is 0 Å². The summed E-state index contributed by atoms with van der Waals surface area (Å²) in [5.74, 6) is 0.980. The minimum Gasteiger partial charge on any atom is -0.529 e. The minimum atomic E-state index is -3.35. The Bertz CT molecular complexity index is 1030. The summed E-state index contributed by atoms with van der Waals surface area (Å²) in [4.78, 5) is 0.599. The number of nitrogens with one attached hydrogen (secondary N) is 2. The van der Waals surface area contributed by atoms with Crippen molar-refractivity contribution >= 4 is 27.4 Å². The molecule has 0 bridgehead atoms. The molecular weight excluding hydrogens is 463 g/mol. The van der Waals surface area contributed by atoms with Gasteiger partial charge in [0.2, 0.25) is 0 Å². The van der Waals surface area contributed by atoms with Crippen LogP contribution in [-0.2, 0) is 19.7 Å². The average molecular weight is 492 g/mol. The number of piperidine rings is 2. The van der Waals surface area contributed by atoms with E-state index in [-0.39, 0.29) is 18.2 Å². The monoisotopic (exact) mass is 492 g/mol. The van der Waals surface area contributed by atoms with E-state index < -0.39 is 19.7 Å². The van der Waals surface area contributed by atoms with E-state index in [1.165, 1.54) is 0 Å². The number of hydrogen-bond acceptors (Lipinski definition) is 8. The summed E-state index contributed by atoms with van der Waals surface area (Å²) in [6.07, 6.45) is 2.47. The van der Waals surface area contributed by atoms with Gasteiger partial charge in [-0.15, -0.1) is 0 Å². The first-order chi connectivity index (χ1) is 15.9. The van der Waals surface area contributed by atoms with Gasteiger partial charge in [0.1, 0.15) is 11.5 Å². The van der Waals surface area contributed by atoms with Gasteiger partial charge in [0, 0.05) is 0 Å². The smallest absolute Gasteiger partial charge is 0.529 e. The van der Waals surface area contributed by atoms with Crippen LogP contribution < -0.4 is 19.9 Å². The van der Waals surface area contributed by atoms with Crippen LogP contribution in [-0.4, -0.2) is 61.2 Å². The van der Waals surface area contributed by atoms with E-state index in [2.05, 4.69) is 10.6 Å². The molecule has 2 aromatic rings. The fraction of sp³-hybridized carbons (Fsp3) is 0.455. The summed E-state index contributed by atoms with van der Waals surface area (Å²) in [6.45, 7) is 2.86. The lowest BCUT2D eigenvalue weighted by Gasteiger charge is -2.22. The fourth-order valence-electron chi connectivity index (χ4n) is 4.21. The molecule has 2 N–H and O–H groups in total. The zero-order valence-corrected chi connectivity index (χ0v) is 20.0. The van der Waals surface area contributed by atoms with Crippen molar-refractivity contribution in [2.75, 3.05) is 26.2 Å². The van der Waals surface area contributed by atoms with Crippen molar-refractivity contribution in [1.29, 1.82) is 0 Å². The molecule has 2 heterocycles. The SMILES string of the molecule is O=S(=O)(c1ccc(OBOc2ccc(S(=O)(=O)C3CCNCC3)cc2)cc1)C1CCNCC1. The molecule has 8 nitrogen and oxygen atoms in total. The van der Waals surface area contributed by atoms with Crippen molar-refractivity contribution in [3.8, 4) is 11.5 Å². The van der Waals surface area contributed by atoms with Gasteiger partial charge < -0.3 is 19.9 Å². The quantitative estimate of drug-likeness (QED) is 0.533. The maximum Gasteiger partial charge on any atom is 0.576 e. The second-order valence-corrected chi connectivity index (χ2v) is 12.8. The topological polar surface area (TPSA) is 111 Å². The second-order valence-electron chi connectivity index (χ2n) is 8.34. The van der Waals surface area contributed by atoms with Crippen molar-refractivity contribution in [1.82, 2.24) is 10.6 Å². The summed E-state index contributed by atoms with van der Waals surface area (Å²) in [5.41, 5.74) is 0. The summed E-state index contributed by atoms with van der Waals surface area (Å²) in [6, 6.07) is 12.7. The van der Waals surface area contributed by atoms with Gasteiger partial charge in [0.05, 0.1) is 20.3 Å². The first-order valence-electron chi connectivity index (χ1n) is 11.2. The van der Waals surface area contributed by atoms with E-state index in [4.69, 9.17) is 9.31 Å². The number of rotatable bonds is 8. The summed E-state index contributed by atoms with van der Waals surface area (Å²) in [5, 5.41) is 5.65. The van der Waals surface area contributed by atoms with Gasteiger partial charge in [-0.3, -0.25) is 0 Å². The number of benzene rings is 2. The standard InChI is InChI=1S/C22H29BN2O6S2/c26-32(27,21-9-13-24-14-10-21)19-5-1-17(2-6-19)30-23-31-18-3-7-20(8-4-18)33(28,29)22-11-15-25-16-12-22/h1-8,21-25H,9-16H2. The molecule has 0 unspecified atom stereocenters. The van der Waals surface area contributed by atoms with Gasteiger partial charge in [0.25, 0.3) is 0 Å². The molecule has 0 spiro atoms. The molecule has 2 aromatic carbocycles. The molecular formula is C22H29BN2O6S2. The van der Waals surface area contributed by atoms with Crippen LogP contribution >= 0.6 is 0 Å². The molecule has 0 amide bonds. The molecule has 0 aromatic heterocycles. The van der Waals surface area contributed by atoms with Gasteiger partial charge in [-0.2, -0.15) is 0 Å². The molecule has 2 fully saturated rings. The molecule has 4 rings (SSSR count). The Labute approximate surface area is 196 Å². The van der Waals surface area contributed by atoms with Gasteiger partial charge in [0.15, 0.2) is 19.7 Å². The van der Waals surface area contributed by atoms with E-state index in [9.17, 15) is 16.8 Å². The highest BCUT2D eigenvalue weighted by atomic mass is 32.2. The van der Waals surface area contributed by atoms with Crippen LogP contribution in [0, 0.1) is 0 Å². The highest BCUT2D eigenvalue weighted by molar-refractivity contribution is 7.92. The van der Waals surface area contributed by atoms with Crippen molar-refractivity contribution in [3.05, 3.63) is 48.5 Å². The Kier molecular flexibility index (Phi) is 7.63. The van der Waals surface area contributed by atoms with Crippen molar-refractivity contribution in [3.63, 3.8) is 0 Å². The molecule has 2 aliphatic rings. The highest BCUT2D eigenvalue weighted by Gasteiger charge is 2.29. The summed E-state index contributed by atoms with van der Waals surface area (Å²) >= 11 is 0. The lowest BCUT2D eigenvalue weighted by Crippen LogP contribution is -2.35. The largest absolute Gasteiger partial charge is 0.576 e. The van der Waals surface area contributed by atoms with E-state index in [0.717, 1.165) is 0 Å². The highest BCUT2D eigenvalue weighted by Crippen LogP contribution is 2.26. The van der Waals surface area contributed by atoms with Crippen molar-refractivity contribution < 1.29 is 26.1 Å². The Balaban J connectivity index is 1.30. The van der Waals surface area contributed by atoms with Crippen LogP contribution in [0.25, 0.3) is 0 Å². The zero-order chi connectivity index (χ0) is 23.3. The van der Waals surface area contributed by atoms with Gasteiger partial charge in [-0.05, 0) is 100 Å². The Morgan fingerprint density at radius 2 is 0.939 bits per heavy atom.